The number of benzene rings is 3. The SMILES string of the molecule is COc1ccc(NC(=O)c2ccc(NC(=O)CN[C@H](c3ccc(C)cc3)c3cccs3)cc2)cc1. The van der Waals surface area contributed by atoms with Gasteiger partial charge in [0.15, 0.2) is 0 Å². The number of hydrogen-bond acceptors (Lipinski definition) is 5. The summed E-state index contributed by atoms with van der Waals surface area (Å²) >= 11 is 1.65. The predicted octanol–water partition coefficient (Wildman–Crippen LogP) is 5.64. The first kappa shape index (κ1) is 24.2. The summed E-state index contributed by atoms with van der Waals surface area (Å²) in [5.74, 6) is 0.332. The Bertz CT molecular complexity index is 1250. The zero-order valence-corrected chi connectivity index (χ0v) is 20.4. The highest BCUT2D eigenvalue weighted by molar-refractivity contribution is 7.10. The summed E-state index contributed by atoms with van der Waals surface area (Å²) in [7, 11) is 1.59. The van der Waals surface area contributed by atoms with Crippen LogP contribution in [0.3, 0.4) is 0 Å². The number of carbonyl (C=O) groups excluding carboxylic acids is 2. The molecule has 3 N–H and O–H groups in total. The Morgan fingerprint density at radius 3 is 2.14 bits per heavy atom. The van der Waals surface area contributed by atoms with Gasteiger partial charge in [-0.3, -0.25) is 14.9 Å². The Kier molecular flexibility index (Phi) is 7.92. The number of rotatable bonds is 9. The summed E-state index contributed by atoms with van der Waals surface area (Å²) in [5, 5.41) is 11.1. The summed E-state index contributed by atoms with van der Waals surface area (Å²) in [5.41, 5.74) is 4.10. The number of nitrogens with one attached hydrogen (secondary N) is 3. The molecule has 1 atom stereocenters. The van der Waals surface area contributed by atoms with Crippen LogP contribution in [-0.4, -0.2) is 25.5 Å². The van der Waals surface area contributed by atoms with Gasteiger partial charge in [0.2, 0.25) is 5.91 Å². The fourth-order valence-corrected chi connectivity index (χ4v) is 4.41. The quantitative estimate of drug-likeness (QED) is 0.287. The minimum absolute atomic E-state index is 0.0645. The molecule has 0 spiro atoms. The second-order valence-electron chi connectivity index (χ2n) is 8.05. The van der Waals surface area contributed by atoms with Crippen LogP contribution in [0, 0.1) is 6.92 Å². The van der Waals surface area contributed by atoms with E-state index in [4.69, 9.17) is 4.74 Å². The van der Waals surface area contributed by atoms with E-state index in [1.54, 1.807) is 67.0 Å². The lowest BCUT2D eigenvalue weighted by atomic mass is 10.0. The Labute approximate surface area is 209 Å². The van der Waals surface area contributed by atoms with Crippen LogP contribution in [0.2, 0.25) is 0 Å². The Morgan fingerprint density at radius 2 is 1.51 bits per heavy atom. The van der Waals surface area contributed by atoms with Crippen molar-refractivity contribution >= 4 is 34.5 Å². The third-order valence-electron chi connectivity index (χ3n) is 5.48. The van der Waals surface area contributed by atoms with E-state index in [0.717, 1.165) is 16.2 Å². The highest BCUT2D eigenvalue weighted by atomic mass is 32.1. The van der Waals surface area contributed by atoms with Gasteiger partial charge in [0.25, 0.3) is 5.91 Å². The van der Waals surface area contributed by atoms with Crippen molar-refractivity contribution in [2.45, 2.75) is 13.0 Å². The van der Waals surface area contributed by atoms with Crippen LogP contribution >= 0.6 is 11.3 Å². The van der Waals surface area contributed by atoms with E-state index in [0.29, 0.717) is 16.9 Å². The molecule has 178 valence electrons. The maximum atomic E-state index is 12.6. The molecule has 3 aromatic carbocycles. The molecule has 0 saturated carbocycles. The van der Waals surface area contributed by atoms with Crippen molar-refractivity contribution in [3.05, 3.63) is 112 Å². The lowest BCUT2D eigenvalue weighted by Crippen LogP contribution is -2.31. The van der Waals surface area contributed by atoms with Crippen LogP contribution in [0.5, 0.6) is 5.75 Å². The Hall–Kier alpha value is -3.94. The maximum absolute atomic E-state index is 12.6. The molecule has 4 aromatic rings. The molecule has 35 heavy (non-hydrogen) atoms. The molecule has 0 aliphatic heterocycles. The number of carbonyl (C=O) groups is 2. The van der Waals surface area contributed by atoms with Crippen molar-refractivity contribution in [2.24, 2.45) is 0 Å². The molecule has 0 bridgehead atoms. The molecule has 2 amide bonds. The van der Waals surface area contributed by atoms with Crippen LogP contribution in [0.4, 0.5) is 11.4 Å². The van der Waals surface area contributed by atoms with Gasteiger partial charge in [-0.25, -0.2) is 0 Å². The van der Waals surface area contributed by atoms with E-state index in [1.807, 2.05) is 11.4 Å². The lowest BCUT2D eigenvalue weighted by Gasteiger charge is -2.18. The summed E-state index contributed by atoms with van der Waals surface area (Å²) in [6.45, 7) is 2.20. The van der Waals surface area contributed by atoms with Gasteiger partial charge in [-0.1, -0.05) is 35.9 Å². The van der Waals surface area contributed by atoms with Crippen LogP contribution < -0.4 is 20.7 Å². The largest absolute Gasteiger partial charge is 0.497 e. The number of amides is 2. The van der Waals surface area contributed by atoms with Gasteiger partial charge < -0.3 is 15.4 Å². The second kappa shape index (κ2) is 11.5. The summed E-state index contributed by atoms with van der Waals surface area (Å²) in [4.78, 5) is 26.3. The van der Waals surface area contributed by atoms with Crippen molar-refractivity contribution in [1.82, 2.24) is 5.32 Å². The second-order valence-corrected chi connectivity index (χ2v) is 9.03. The molecular formula is C28H27N3O3S. The first-order valence-electron chi connectivity index (χ1n) is 11.2. The zero-order valence-electron chi connectivity index (χ0n) is 19.6. The zero-order chi connectivity index (χ0) is 24.6. The Balaban J connectivity index is 1.33. The molecule has 0 radical (unpaired) electrons. The van der Waals surface area contributed by atoms with E-state index in [9.17, 15) is 9.59 Å². The molecule has 0 unspecified atom stereocenters. The topological polar surface area (TPSA) is 79.5 Å². The number of hydrogen-bond donors (Lipinski definition) is 3. The molecule has 0 aliphatic carbocycles. The Morgan fingerprint density at radius 1 is 0.857 bits per heavy atom. The highest BCUT2D eigenvalue weighted by Crippen LogP contribution is 2.26. The van der Waals surface area contributed by atoms with E-state index >= 15 is 0 Å². The molecule has 1 heterocycles. The van der Waals surface area contributed by atoms with Gasteiger partial charge in [-0.2, -0.15) is 0 Å². The number of aryl methyl sites for hydroxylation is 1. The van der Waals surface area contributed by atoms with Crippen molar-refractivity contribution in [2.75, 3.05) is 24.3 Å². The third-order valence-corrected chi connectivity index (χ3v) is 6.42. The third kappa shape index (κ3) is 6.56. The summed E-state index contributed by atoms with van der Waals surface area (Å²) < 4.78 is 5.13. The van der Waals surface area contributed by atoms with Crippen molar-refractivity contribution in [3.63, 3.8) is 0 Å². The van der Waals surface area contributed by atoms with Crippen LogP contribution in [0.1, 0.15) is 32.4 Å². The fourth-order valence-electron chi connectivity index (χ4n) is 3.58. The van der Waals surface area contributed by atoms with Crippen molar-refractivity contribution < 1.29 is 14.3 Å². The fraction of sp³-hybridized carbons (Fsp3) is 0.143. The molecule has 0 saturated heterocycles. The van der Waals surface area contributed by atoms with Gasteiger partial charge in [-0.05, 0) is 72.5 Å². The molecule has 6 nitrogen and oxygen atoms in total. The van der Waals surface area contributed by atoms with Crippen molar-refractivity contribution in [3.8, 4) is 5.75 Å². The lowest BCUT2D eigenvalue weighted by molar-refractivity contribution is -0.115. The molecule has 4 rings (SSSR count). The minimum atomic E-state index is -0.230. The minimum Gasteiger partial charge on any atom is -0.497 e. The number of anilines is 2. The smallest absolute Gasteiger partial charge is 0.255 e. The number of methoxy groups -OCH3 is 1. The van der Waals surface area contributed by atoms with E-state index in [-0.39, 0.29) is 24.4 Å². The van der Waals surface area contributed by atoms with E-state index in [1.165, 1.54) is 5.56 Å². The number of thiophene rings is 1. The summed E-state index contributed by atoms with van der Waals surface area (Å²) in [6.07, 6.45) is 0. The van der Waals surface area contributed by atoms with E-state index < -0.39 is 0 Å². The monoisotopic (exact) mass is 485 g/mol. The van der Waals surface area contributed by atoms with Gasteiger partial charge in [0.05, 0.1) is 19.7 Å². The predicted molar refractivity (Wildman–Crippen MR) is 141 cm³/mol. The normalized spacial score (nSPS) is 11.5. The van der Waals surface area contributed by atoms with Crippen molar-refractivity contribution in [1.29, 1.82) is 0 Å². The average molecular weight is 486 g/mol. The number of ether oxygens (including phenoxy) is 1. The van der Waals surface area contributed by atoms with Gasteiger partial charge in [0, 0.05) is 21.8 Å². The van der Waals surface area contributed by atoms with Crippen LogP contribution in [-0.2, 0) is 4.79 Å². The molecule has 1 aromatic heterocycles. The van der Waals surface area contributed by atoms with Crippen LogP contribution in [0.25, 0.3) is 0 Å². The summed E-state index contributed by atoms with van der Waals surface area (Å²) in [6, 6.07) is 26.2. The van der Waals surface area contributed by atoms with Gasteiger partial charge >= 0.3 is 0 Å². The average Bonchev–Trinajstić information content (AvgIpc) is 3.41. The molecular weight excluding hydrogens is 458 g/mol. The van der Waals surface area contributed by atoms with Crippen LogP contribution in [0.15, 0.2) is 90.3 Å². The highest BCUT2D eigenvalue weighted by Gasteiger charge is 2.16. The molecule has 7 heteroatoms. The molecule has 0 aliphatic rings. The van der Waals surface area contributed by atoms with Gasteiger partial charge in [-0.15, -0.1) is 11.3 Å². The maximum Gasteiger partial charge on any atom is 0.255 e. The van der Waals surface area contributed by atoms with E-state index in [2.05, 4.69) is 53.2 Å². The standard InChI is InChI=1S/C28H27N3O3S/c1-19-5-7-20(8-6-19)27(25-4-3-17-35-25)29-18-26(32)30-22-11-9-21(10-12-22)28(33)31-23-13-15-24(34-2)16-14-23/h3-17,27,29H,18H2,1-2H3,(H,30,32)(H,31,33)/t27-/m1/s1. The first-order valence-corrected chi connectivity index (χ1v) is 12.1. The molecule has 0 fully saturated rings. The first-order chi connectivity index (χ1) is 17.0. The van der Waals surface area contributed by atoms with Gasteiger partial charge in [0.1, 0.15) is 5.75 Å².